The highest BCUT2D eigenvalue weighted by atomic mass is 32.1. The molecule has 0 atom stereocenters. The van der Waals surface area contributed by atoms with E-state index in [9.17, 15) is 4.79 Å². The minimum Gasteiger partial charge on any atom is -0.359 e. The van der Waals surface area contributed by atoms with Crippen molar-refractivity contribution in [2.45, 2.75) is 6.92 Å². The van der Waals surface area contributed by atoms with Gasteiger partial charge in [0.1, 0.15) is 0 Å². The normalized spacial score (nSPS) is 10.9. The zero-order valence-corrected chi connectivity index (χ0v) is 12.2. The van der Waals surface area contributed by atoms with Crippen LogP contribution in [0.25, 0.3) is 10.9 Å². The highest BCUT2D eigenvalue weighted by Gasteiger charge is 2.01. The molecule has 0 aliphatic rings. The van der Waals surface area contributed by atoms with E-state index in [4.69, 9.17) is 4.84 Å². The Morgan fingerprint density at radius 2 is 2.29 bits per heavy atom. The molecule has 0 saturated carbocycles. The van der Waals surface area contributed by atoms with E-state index in [0.29, 0.717) is 18.5 Å². The Kier molecular flexibility index (Phi) is 3.89. The highest BCUT2D eigenvalue weighted by molar-refractivity contribution is 7.15. The predicted molar refractivity (Wildman–Crippen MR) is 83.8 cm³/mol. The van der Waals surface area contributed by atoms with Gasteiger partial charge in [-0.3, -0.25) is 25.3 Å². The van der Waals surface area contributed by atoms with Gasteiger partial charge in [0.05, 0.1) is 23.2 Å². The molecule has 4 N–H and O–H groups in total. The van der Waals surface area contributed by atoms with E-state index in [1.54, 1.807) is 23.5 Å². The Morgan fingerprint density at radius 1 is 1.38 bits per heavy atom. The minimum absolute atomic E-state index is 0.125. The number of anilines is 2. The van der Waals surface area contributed by atoms with Crippen molar-refractivity contribution < 1.29 is 4.84 Å². The van der Waals surface area contributed by atoms with Crippen molar-refractivity contribution in [1.82, 2.24) is 15.2 Å². The third kappa shape index (κ3) is 3.23. The number of H-pyrrole nitrogens is 2. The van der Waals surface area contributed by atoms with Gasteiger partial charge in [-0.2, -0.15) is 0 Å². The molecule has 0 saturated heterocycles. The summed E-state index contributed by atoms with van der Waals surface area (Å²) in [6.07, 6.45) is 1.83. The van der Waals surface area contributed by atoms with Gasteiger partial charge in [0.25, 0.3) is 5.56 Å². The Bertz CT molecular complexity index is 791. The fraction of sp³-hybridized carbons (Fsp3) is 0.231. The van der Waals surface area contributed by atoms with E-state index in [1.807, 2.05) is 19.2 Å². The van der Waals surface area contributed by atoms with E-state index >= 15 is 0 Å². The quantitative estimate of drug-likeness (QED) is 0.413. The molecule has 0 aliphatic heterocycles. The standard InChI is InChI=1S/C13H15N5O2S/c1-8-7-15-13(21-8)14-4-5-20-18-9-2-3-10-11(6-9)16-17-12(10)19/h2-3,6-7,18H,4-5H2,1H3,(H,14,15)(H2,16,17,19). The van der Waals surface area contributed by atoms with Crippen LogP contribution in [-0.2, 0) is 4.84 Å². The van der Waals surface area contributed by atoms with Crippen LogP contribution in [0.2, 0.25) is 0 Å². The number of nitrogens with zero attached hydrogens (tertiary/aromatic N) is 1. The van der Waals surface area contributed by atoms with Gasteiger partial charge in [-0.25, -0.2) is 4.98 Å². The Morgan fingerprint density at radius 3 is 3.10 bits per heavy atom. The van der Waals surface area contributed by atoms with Gasteiger partial charge >= 0.3 is 0 Å². The van der Waals surface area contributed by atoms with E-state index in [0.717, 1.165) is 16.3 Å². The maximum Gasteiger partial charge on any atom is 0.271 e. The molecule has 1 aromatic carbocycles. The van der Waals surface area contributed by atoms with E-state index in [2.05, 4.69) is 26.0 Å². The second-order valence-corrected chi connectivity index (χ2v) is 5.73. The number of aromatic nitrogens is 3. The van der Waals surface area contributed by atoms with Crippen LogP contribution in [0.3, 0.4) is 0 Å². The molecule has 0 bridgehead atoms. The molecule has 3 aromatic rings. The maximum atomic E-state index is 11.4. The number of hydrogen-bond donors (Lipinski definition) is 4. The van der Waals surface area contributed by atoms with Crippen LogP contribution in [-0.4, -0.2) is 28.3 Å². The van der Waals surface area contributed by atoms with Gasteiger partial charge < -0.3 is 5.32 Å². The van der Waals surface area contributed by atoms with Crippen LogP contribution in [0.5, 0.6) is 0 Å². The van der Waals surface area contributed by atoms with Gasteiger partial charge in [-0.1, -0.05) is 0 Å². The summed E-state index contributed by atoms with van der Waals surface area (Å²) in [5.41, 5.74) is 4.24. The van der Waals surface area contributed by atoms with E-state index in [1.165, 1.54) is 4.88 Å². The predicted octanol–water partition coefficient (Wildman–Crippen LogP) is 2.08. The van der Waals surface area contributed by atoms with Gasteiger partial charge in [0.15, 0.2) is 5.13 Å². The van der Waals surface area contributed by atoms with Crippen LogP contribution >= 0.6 is 11.3 Å². The molecule has 3 rings (SSSR count). The van der Waals surface area contributed by atoms with Gasteiger partial charge in [0, 0.05) is 17.6 Å². The lowest BCUT2D eigenvalue weighted by Gasteiger charge is -2.07. The monoisotopic (exact) mass is 305 g/mol. The summed E-state index contributed by atoms with van der Waals surface area (Å²) < 4.78 is 0. The largest absolute Gasteiger partial charge is 0.359 e. The summed E-state index contributed by atoms with van der Waals surface area (Å²) >= 11 is 1.61. The molecule has 2 heterocycles. The Labute approximate surface area is 124 Å². The molecule has 0 aliphatic carbocycles. The van der Waals surface area contributed by atoms with Crippen LogP contribution in [0, 0.1) is 6.92 Å². The average molecular weight is 305 g/mol. The lowest BCUT2D eigenvalue weighted by atomic mass is 10.2. The number of benzene rings is 1. The van der Waals surface area contributed by atoms with Crippen molar-refractivity contribution in [3.63, 3.8) is 0 Å². The molecule has 7 nitrogen and oxygen atoms in total. The van der Waals surface area contributed by atoms with Crippen LogP contribution < -0.4 is 16.4 Å². The lowest BCUT2D eigenvalue weighted by molar-refractivity contribution is 0.206. The molecule has 0 spiro atoms. The summed E-state index contributed by atoms with van der Waals surface area (Å²) in [5.74, 6) is 0. The summed E-state index contributed by atoms with van der Waals surface area (Å²) in [6, 6.07) is 5.35. The SMILES string of the molecule is Cc1cnc(NCCONc2ccc3c(=O)[nH][nH]c3c2)s1. The first kappa shape index (κ1) is 13.7. The third-order valence-corrected chi connectivity index (χ3v) is 3.74. The average Bonchev–Trinajstić information content (AvgIpc) is 3.05. The number of fused-ring (bicyclic) bond motifs is 1. The molecule has 0 unspecified atom stereocenters. The first-order valence-electron chi connectivity index (χ1n) is 6.47. The first-order chi connectivity index (χ1) is 10.2. The molecule has 0 amide bonds. The Balaban J connectivity index is 1.47. The van der Waals surface area contributed by atoms with Crippen LogP contribution in [0.15, 0.2) is 29.2 Å². The van der Waals surface area contributed by atoms with E-state index in [-0.39, 0.29) is 5.56 Å². The van der Waals surface area contributed by atoms with Crippen LogP contribution in [0.1, 0.15) is 4.88 Å². The number of aryl methyl sites for hydroxylation is 1. The molecule has 21 heavy (non-hydrogen) atoms. The smallest absolute Gasteiger partial charge is 0.271 e. The molecule has 8 heteroatoms. The zero-order chi connectivity index (χ0) is 14.7. The van der Waals surface area contributed by atoms with Crippen molar-refractivity contribution in [2.24, 2.45) is 0 Å². The molecule has 110 valence electrons. The van der Waals surface area contributed by atoms with E-state index < -0.39 is 0 Å². The molecular weight excluding hydrogens is 290 g/mol. The number of nitrogens with one attached hydrogen (secondary N) is 4. The van der Waals surface area contributed by atoms with Crippen molar-refractivity contribution in [3.05, 3.63) is 39.6 Å². The van der Waals surface area contributed by atoms with Crippen molar-refractivity contribution in [3.8, 4) is 0 Å². The fourth-order valence-corrected chi connectivity index (χ4v) is 2.57. The number of rotatable bonds is 6. The minimum atomic E-state index is -0.125. The lowest BCUT2D eigenvalue weighted by Crippen LogP contribution is -2.12. The number of thiazole rings is 1. The molecule has 2 aromatic heterocycles. The first-order valence-corrected chi connectivity index (χ1v) is 7.28. The second kappa shape index (κ2) is 5.98. The summed E-state index contributed by atoms with van der Waals surface area (Å²) in [4.78, 5) is 22.1. The molecule has 0 fully saturated rings. The molecule has 0 radical (unpaired) electrons. The number of hydrogen-bond acceptors (Lipinski definition) is 6. The Hall–Kier alpha value is -2.32. The summed E-state index contributed by atoms with van der Waals surface area (Å²) in [7, 11) is 0. The summed E-state index contributed by atoms with van der Waals surface area (Å²) in [6.45, 7) is 3.16. The van der Waals surface area contributed by atoms with Gasteiger partial charge in [-0.15, -0.1) is 11.3 Å². The van der Waals surface area contributed by atoms with Crippen molar-refractivity contribution >= 4 is 33.1 Å². The van der Waals surface area contributed by atoms with Gasteiger partial charge in [-0.05, 0) is 25.1 Å². The number of aromatic amines is 2. The van der Waals surface area contributed by atoms with Crippen molar-refractivity contribution in [2.75, 3.05) is 23.9 Å². The third-order valence-electron chi connectivity index (χ3n) is 2.87. The molecular formula is C13H15N5O2S. The zero-order valence-electron chi connectivity index (χ0n) is 11.4. The second-order valence-electron chi connectivity index (χ2n) is 4.49. The maximum absolute atomic E-state index is 11.4. The van der Waals surface area contributed by atoms with Crippen LogP contribution in [0.4, 0.5) is 10.8 Å². The summed E-state index contributed by atoms with van der Waals surface area (Å²) in [5, 5.41) is 10.0. The van der Waals surface area contributed by atoms with Gasteiger partial charge in [0.2, 0.25) is 0 Å². The highest BCUT2D eigenvalue weighted by Crippen LogP contribution is 2.16. The topological polar surface area (TPSA) is 94.8 Å². The van der Waals surface area contributed by atoms with Crippen molar-refractivity contribution in [1.29, 1.82) is 0 Å². The fourth-order valence-electron chi connectivity index (χ4n) is 1.88.